The molecular weight excluding hydrogens is 1410 g/mol. The first kappa shape index (κ1) is 67.7. The van der Waals surface area contributed by atoms with E-state index in [1.165, 1.54) is 51.6 Å². The standard InChI is InChI=1S/C17H18ClIO5S.C17H17IO5S.C10H13IO.C7H4O4S.ClH.2Li/c1-17(2,13-9-5-6-10-14(13)19(3)18)24-16(20)12-8-4-7-11-15(12)25(21,22)23;1-17(2)13-9-5-6-10-14(13)18(3)23-24(20,21)15-11-7-4-8-12(15)16(19)22-17;1-10(2)8-6-4-5-7-9(8)11(3)12-10;8-7-5-3-1-2-4-6(5)12(9,10)11-7;;;/h4-11H,1-3H3,(H,21,22,23);4-11H,1-3H3;4-7H,1-3H3;1-4H;1H;;/q;;;;;2*+1/p-2. The molecule has 15 nitrogen and oxygen atoms in total. The van der Waals surface area contributed by atoms with Crippen molar-refractivity contribution in [3.63, 3.8) is 0 Å². The first-order chi connectivity index (χ1) is 34.0. The zero-order valence-electron chi connectivity index (χ0n) is 43.1. The summed E-state index contributed by atoms with van der Waals surface area (Å²) >= 11 is -5.59. The van der Waals surface area contributed by atoms with Crippen LogP contribution in [0.15, 0.2) is 160 Å². The Bertz CT molecular complexity index is 3440. The minimum absolute atomic E-state index is 0. The zero-order valence-corrected chi connectivity index (χ0v) is 53.5. The molecule has 3 aliphatic heterocycles. The van der Waals surface area contributed by atoms with Gasteiger partial charge in [0.2, 0.25) is 0 Å². The quantitative estimate of drug-likeness (QED) is 0.0605. The molecule has 0 atom stereocenters. The van der Waals surface area contributed by atoms with Crippen molar-refractivity contribution in [1.29, 1.82) is 0 Å². The van der Waals surface area contributed by atoms with Gasteiger partial charge in [-0.1, -0.05) is 12.1 Å². The smallest absolute Gasteiger partial charge is 1.00 e. The molecule has 400 valence electrons. The summed E-state index contributed by atoms with van der Waals surface area (Å²) in [5, 5.41) is 0. The van der Waals surface area contributed by atoms with Crippen LogP contribution in [-0.4, -0.2) is 62.5 Å². The summed E-state index contributed by atoms with van der Waals surface area (Å²) in [6.07, 6.45) is 0. The molecule has 76 heavy (non-hydrogen) atoms. The van der Waals surface area contributed by atoms with Crippen molar-refractivity contribution in [1.82, 2.24) is 0 Å². The molecule has 25 heteroatoms. The van der Waals surface area contributed by atoms with Crippen molar-refractivity contribution in [2.24, 2.45) is 0 Å². The molecule has 0 N–H and O–H groups in total. The van der Waals surface area contributed by atoms with Gasteiger partial charge >= 0.3 is 443 Å². The Morgan fingerprint density at radius 3 is 1.64 bits per heavy atom. The minimum atomic E-state index is -4.78. The van der Waals surface area contributed by atoms with E-state index in [4.69, 9.17) is 24.0 Å². The second-order valence-electron chi connectivity index (χ2n) is 17.4. The first-order valence-electron chi connectivity index (χ1n) is 21.6. The Kier molecular flexibility index (Phi) is 24.3. The number of carbonyl (C=O) groups excluding carboxylic acids is 3. The maximum Gasteiger partial charge on any atom is 1.00 e. The Morgan fingerprint density at radius 1 is 0.658 bits per heavy atom. The van der Waals surface area contributed by atoms with Crippen LogP contribution in [0, 0.1) is 10.7 Å². The van der Waals surface area contributed by atoms with E-state index in [9.17, 15) is 44.2 Å². The van der Waals surface area contributed by atoms with Crippen LogP contribution in [0.1, 0.15) is 89.3 Å². The van der Waals surface area contributed by atoms with E-state index < -0.39 is 124 Å². The third-order valence-electron chi connectivity index (χ3n) is 10.9. The maximum absolute atomic E-state index is 12.6. The van der Waals surface area contributed by atoms with Gasteiger partial charge in [-0.3, -0.25) is 0 Å². The van der Waals surface area contributed by atoms with Crippen LogP contribution in [0.3, 0.4) is 0 Å². The van der Waals surface area contributed by atoms with Gasteiger partial charge in [0, 0.05) is 0 Å². The third kappa shape index (κ3) is 16.1. The minimum Gasteiger partial charge on any atom is -1.00 e. The summed E-state index contributed by atoms with van der Waals surface area (Å²) in [6.45, 7) is 11.3. The summed E-state index contributed by atoms with van der Waals surface area (Å²) in [4.78, 5) is 41.3. The van der Waals surface area contributed by atoms with Gasteiger partial charge in [0.1, 0.15) is 4.90 Å². The molecular formula is C51H51Cl2I3Li2O15S3. The summed E-state index contributed by atoms with van der Waals surface area (Å²) in [5.74, 6) is -2.36. The second kappa shape index (κ2) is 27.3. The number of alkyl halides is 3. The Labute approximate surface area is 501 Å². The number of benzene rings is 6. The van der Waals surface area contributed by atoms with Gasteiger partial charge in [-0.25, -0.2) is 4.79 Å². The van der Waals surface area contributed by atoms with Crippen molar-refractivity contribution < 1.29 is 114 Å². The van der Waals surface area contributed by atoms with Crippen molar-refractivity contribution >= 4 is 116 Å². The number of hydrogen-bond acceptors (Lipinski definition) is 15. The van der Waals surface area contributed by atoms with E-state index in [2.05, 4.69) is 47.2 Å². The molecule has 0 aromatic heterocycles. The summed E-state index contributed by atoms with van der Waals surface area (Å²) in [5.41, 5.74) is 0.820. The monoisotopic (exact) mass is 1460 g/mol. The predicted octanol–water partition coefficient (Wildman–Crippen LogP) is 2.59. The van der Waals surface area contributed by atoms with E-state index in [-0.39, 0.29) is 82.2 Å². The molecule has 6 aromatic carbocycles. The van der Waals surface area contributed by atoms with E-state index in [1.54, 1.807) is 52.0 Å². The Morgan fingerprint density at radius 2 is 1.11 bits per heavy atom. The average Bonchev–Trinajstić information content (AvgIpc) is 3.72. The van der Waals surface area contributed by atoms with Gasteiger partial charge in [0.25, 0.3) is 0 Å². The second-order valence-corrected chi connectivity index (χ2v) is 36.7. The predicted molar refractivity (Wildman–Crippen MR) is 300 cm³/mol. The largest absolute Gasteiger partial charge is 1.00 e. The molecule has 3 aliphatic rings. The number of cyclic esters (lactones) is 1. The van der Waals surface area contributed by atoms with Crippen LogP contribution in [0.5, 0.6) is 0 Å². The topological polar surface area (TPSA) is 223 Å². The van der Waals surface area contributed by atoms with Gasteiger partial charge in [0.15, 0.2) is 0 Å². The van der Waals surface area contributed by atoms with E-state index in [1.807, 2.05) is 58.4 Å². The normalized spacial score (nSPS) is 17.1. The molecule has 0 aliphatic carbocycles. The van der Waals surface area contributed by atoms with Crippen molar-refractivity contribution in [2.45, 2.75) is 73.0 Å². The van der Waals surface area contributed by atoms with Gasteiger partial charge < -0.3 is 16.6 Å². The van der Waals surface area contributed by atoms with Crippen LogP contribution in [0.2, 0.25) is 0 Å². The third-order valence-corrected chi connectivity index (χ3v) is 27.9. The van der Waals surface area contributed by atoms with Crippen LogP contribution >= 0.6 is 68.1 Å². The fourth-order valence-corrected chi connectivity index (χ4v) is 23.6. The molecule has 0 unspecified atom stereocenters. The number of carbonyl (C=O) groups is 3. The van der Waals surface area contributed by atoms with Gasteiger partial charge in [-0.05, 0) is 12.1 Å². The SMILES string of the molecule is CI(Cl)c1ccccc1C(C)(C)OC(=O)c1ccccc1S(=O)(=O)[O-].CI1OC(C)(C)c2ccccc21.CI1OS(=O)(=O)c2ccccc2C(=O)OC(C)(C)c2ccccc21.O=C1OS(=O)(=O)c2ccccc21.[Cl-].[Li+].[Li+]. The van der Waals surface area contributed by atoms with Crippen LogP contribution in [-0.2, 0) is 66.4 Å². The Balaban J connectivity index is 0.000000276. The number of halogens is 5. The molecule has 0 saturated heterocycles. The average molecular weight is 1470 g/mol. The van der Waals surface area contributed by atoms with E-state index >= 15 is 0 Å². The number of rotatable bonds is 5. The van der Waals surface area contributed by atoms with Gasteiger partial charge in [0.05, 0.1) is 5.56 Å². The number of hydrogen-bond donors (Lipinski definition) is 0. The molecule has 0 saturated carbocycles. The number of ether oxygens (including phenoxy) is 2. The molecule has 0 fully saturated rings. The van der Waals surface area contributed by atoms with Crippen LogP contribution < -0.4 is 50.1 Å². The molecule has 0 amide bonds. The fourth-order valence-electron chi connectivity index (χ4n) is 7.54. The molecule has 3 heterocycles. The van der Waals surface area contributed by atoms with Gasteiger partial charge in [-0.2, -0.15) is 8.42 Å². The van der Waals surface area contributed by atoms with Gasteiger partial charge in [-0.15, -0.1) is 0 Å². The van der Waals surface area contributed by atoms with Crippen molar-refractivity contribution in [3.05, 3.63) is 190 Å². The van der Waals surface area contributed by atoms with E-state index in [0.29, 0.717) is 0 Å². The zero-order chi connectivity index (χ0) is 53.9. The summed E-state index contributed by atoms with van der Waals surface area (Å²) in [6, 6.07) is 40.5. The van der Waals surface area contributed by atoms with E-state index in [0.717, 1.165) is 24.3 Å². The van der Waals surface area contributed by atoms with Crippen molar-refractivity contribution in [2.75, 3.05) is 14.8 Å². The number of esters is 2. The molecule has 0 spiro atoms. The van der Waals surface area contributed by atoms with Crippen LogP contribution in [0.25, 0.3) is 0 Å². The summed E-state index contributed by atoms with van der Waals surface area (Å²) in [7, 11) is -6.28. The van der Waals surface area contributed by atoms with Crippen molar-refractivity contribution in [3.8, 4) is 0 Å². The fraction of sp³-hybridized carbons (Fsp3) is 0.235. The first-order valence-corrected chi connectivity index (χ1v) is 40.0. The molecule has 0 bridgehead atoms. The summed E-state index contributed by atoms with van der Waals surface area (Å²) < 4.78 is 112. The molecule has 6 aromatic rings. The molecule has 0 radical (unpaired) electrons. The van der Waals surface area contributed by atoms with Crippen LogP contribution in [0.4, 0.5) is 0 Å². The molecule has 9 rings (SSSR count). The number of fused-ring (bicyclic) bond motifs is 4. The maximum atomic E-state index is 12.6. The Hall–Kier alpha value is -2.58.